The number of piperidine rings is 1. The molecule has 2 aromatic heterocycles. The van der Waals surface area contributed by atoms with Crippen molar-refractivity contribution in [2.75, 3.05) is 25.5 Å². The van der Waals surface area contributed by atoms with Crippen LogP contribution in [0.25, 0.3) is 22.0 Å². The average molecular weight is 333 g/mol. The summed E-state index contributed by atoms with van der Waals surface area (Å²) < 4.78 is 0. The molecule has 3 aromatic rings. The monoisotopic (exact) mass is 333 g/mol. The number of likely N-dealkylation sites (N-methyl/N-ethyl adjacent to an activating group) is 1. The number of hydrogen-bond acceptors (Lipinski definition) is 5. The normalized spacial score (nSPS) is 18.4. The minimum absolute atomic E-state index is 0.404. The number of nitrogens with zero attached hydrogens (tertiary/aromatic N) is 4. The molecule has 4 rings (SSSR count). The van der Waals surface area contributed by atoms with Gasteiger partial charge in [-0.1, -0.05) is 29.8 Å². The fraction of sp³-hybridized carbons (Fsp3) is 0.350. The summed E-state index contributed by atoms with van der Waals surface area (Å²) in [6, 6.07) is 10.8. The highest BCUT2D eigenvalue weighted by Crippen LogP contribution is 2.30. The van der Waals surface area contributed by atoms with Crippen molar-refractivity contribution in [1.82, 2.24) is 20.1 Å². The predicted molar refractivity (Wildman–Crippen MR) is 102 cm³/mol. The molecule has 1 aliphatic rings. The summed E-state index contributed by atoms with van der Waals surface area (Å²) in [6.45, 7) is 4.29. The van der Waals surface area contributed by atoms with E-state index in [0.717, 1.165) is 40.8 Å². The van der Waals surface area contributed by atoms with Gasteiger partial charge >= 0.3 is 0 Å². The maximum absolute atomic E-state index is 4.54. The number of likely N-dealkylation sites (tertiary alicyclic amines) is 1. The van der Waals surface area contributed by atoms with E-state index in [1.54, 1.807) is 0 Å². The molecule has 3 heterocycles. The van der Waals surface area contributed by atoms with Crippen molar-refractivity contribution in [2.24, 2.45) is 0 Å². The third-order valence-corrected chi connectivity index (χ3v) is 4.87. The highest BCUT2D eigenvalue weighted by atomic mass is 15.2. The molecule has 128 valence electrons. The van der Waals surface area contributed by atoms with Gasteiger partial charge in [-0.15, -0.1) is 10.2 Å². The number of pyridine rings is 1. The number of aromatic nitrogens is 3. The lowest BCUT2D eigenvalue weighted by atomic mass is 10.0. The van der Waals surface area contributed by atoms with Crippen molar-refractivity contribution in [3.8, 4) is 11.3 Å². The first-order chi connectivity index (χ1) is 12.2. The lowest BCUT2D eigenvalue weighted by Gasteiger charge is -2.30. The Labute approximate surface area is 148 Å². The highest BCUT2D eigenvalue weighted by molar-refractivity contribution is 5.99. The fourth-order valence-corrected chi connectivity index (χ4v) is 3.51. The van der Waals surface area contributed by atoms with Crippen LogP contribution in [-0.4, -0.2) is 46.3 Å². The van der Waals surface area contributed by atoms with E-state index in [9.17, 15) is 0 Å². The van der Waals surface area contributed by atoms with Crippen LogP contribution in [0.5, 0.6) is 0 Å². The summed E-state index contributed by atoms with van der Waals surface area (Å²) in [5.41, 5.74) is 3.23. The van der Waals surface area contributed by atoms with Crippen LogP contribution in [0.15, 0.2) is 42.7 Å². The summed E-state index contributed by atoms with van der Waals surface area (Å²) in [6.07, 6.45) is 6.07. The lowest BCUT2D eigenvalue weighted by molar-refractivity contribution is 0.261. The number of nitrogens with one attached hydrogen (secondary N) is 1. The molecule has 1 aliphatic heterocycles. The van der Waals surface area contributed by atoms with E-state index < -0.39 is 0 Å². The van der Waals surface area contributed by atoms with Crippen LogP contribution >= 0.6 is 0 Å². The summed E-state index contributed by atoms with van der Waals surface area (Å²) in [5, 5.41) is 14.7. The van der Waals surface area contributed by atoms with Crippen LogP contribution in [0.3, 0.4) is 0 Å². The van der Waals surface area contributed by atoms with Gasteiger partial charge in [-0.25, -0.2) is 0 Å². The topological polar surface area (TPSA) is 53.9 Å². The Morgan fingerprint density at radius 1 is 1.08 bits per heavy atom. The summed E-state index contributed by atoms with van der Waals surface area (Å²) in [7, 11) is 2.17. The van der Waals surface area contributed by atoms with Crippen LogP contribution in [0.2, 0.25) is 0 Å². The summed E-state index contributed by atoms with van der Waals surface area (Å²) in [5.74, 6) is 0.833. The number of rotatable bonds is 3. The molecule has 0 spiro atoms. The quantitative estimate of drug-likeness (QED) is 0.795. The third kappa shape index (κ3) is 3.33. The minimum Gasteiger partial charge on any atom is -0.364 e. The van der Waals surface area contributed by atoms with Gasteiger partial charge in [-0.3, -0.25) is 4.98 Å². The third-order valence-electron chi connectivity index (χ3n) is 4.87. The van der Waals surface area contributed by atoms with Gasteiger partial charge in [0.1, 0.15) is 5.69 Å². The Hall–Kier alpha value is -2.53. The second-order valence-corrected chi connectivity index (χ2v) is 6.93. The number of anilines is 1. The molecule has 5 heteroatoms. The van der Waals surface area contributed by atoms with E-state index in [0.29, 0.717) is 6.04 Å². The Balaban J connectivity index is 1.73. The highest BCUT2D eigenvalue weighted by Gasteiger charge is 2.19. The van der Waals surface area contributed by atoms with E-state index in [-0.39, 0.29) is 0 Å². The molecule has 1 unspecified atom stereocenters. The Morgan fingerprint density at radius 3 is 2.72 bits per heavy atom. The predicted octanol–water partition coefficient (Wildman–Crippen LogP) is 3.51. The molecular weight excluding hydrogens is 310 g/mol. The van der Waals surface area contributed by atoms with Gasteiger partial charge in [0.2, 0.25) is 0 Å². The van der Waals surface area contributed by atoms with E-state index in [4.69, 9.17) is 0 Å². The minimum atomic E-state index is 0.404. The first-order valence-corrected chi connectivity index (χ1v) is 8.83. The standard InChI is InChI=1S/C20H23N5/c1-14-5-7-15(8-6-14)19-17-9-10-21-12-18(17)20(24-23-19)22-16-4-3-11-25(2)13-16/h5-10,12,16H,3-4,11,13H2,1-2H3,(H,22,24). The number of fused-ring (bicyclic) bond motifs is 1. The Kier molecular flexibility index (Phi) is 4.32. The zero-order valence-corrected chi connectivity index (χ0v) is 14.7. The molecule has 0 bridgehead atoms. The van der Waals surface area contributed by atoms with Gasteiger partial charge < -0.3 is 10.2 Å². The van der Waals surface area contributed by atoms with Crippen molar-refractivity contribution in [3.05, 3.63) is 48.3 Å². The maximum atomic E-state index is 4.54. The number of hydrogen-bond donors (Lipinski definition) is 1. The second-order valence-electron chi connectivity index (χ2n) is 6.93. The van der Waals surface area contributed by atoms with Gasteiger partial charge in [0.25, 0.3) is 0 Å². The zero-order chi connectivity index (χ0) is 17.2. The van der Waals surface area contributed by atoms with Crippen LogP contribution < -0.4 is 5.32 Å². The molecular formula is C20H23N5. The van der Waals surface area contributed by atoms with Gasteiger partial charge in [0.15, 0.2) is 5.82 Å². The van der Waals surface area contributed by atoms with Gasteiger partial charge in [0, 0.05) is 41.3 Å². The van der Waals surface area contributed by atoms with Crippen LogP contribution in [0, 0.1) is 6.92 Å². The lowest BCUT2D eigenvalue weighted by Crippen LogP contribution is -2.40. The Bertz CT molecular complexity index is 875. The second kappa shape index (κ2) is 6.76. The number of benzene rings is 1. The molecule has 0 saturated carbocycles. The molecule has 1 fully saturated rings. The molecule has 1 N–H and O–H groups in total. The van der Waals surface area contributed by atoms with Gasteiger partial charge in [0.05, 0.1) is 0 Å². The van der Waals surface area contributed by atoms with Crippen molar-refractivity contribution in [2.45, 2.75) is 25.8 Å². The average Bonchev–Trinajstić information content (AvgIpc) is 2.63. The van der Waals surface area contributed by atoms with Gasteiger partial charge in [-0.05, 0) is 39.4 Å². The molecule has 1 saturated heterocycles. The van der Waals surface area contributed by atoms with Crippen molar-refractivity contribution in [3.63, 3.8) is 0 Å². The molecule has 1 aromatic carbocycles. The van der Waals surface area contributed by atoms with E-state index >= 15 is 0 Å². The van der Waals surface area contributed by atoms with E-state index in [2.05, 4.69) is 63.6 Å². The van der Waals surface area contributed by atoms with Crippen LogP contribution in [0.1, 0.15) is 18.4 Å². The first kappa shape index (κ1) is 16.0. The van der Waals surface area contributed by atoms with Crippen molar-refractivity contribution < 1.29 is 0 Å². The van der Waals surface area contributed by atoms with E-state index in [1.165, 1.54) is 18.5 Å². The summed E-state index contributed by atoms with van der Waals surface area (Å²) >= 11 is 0. The molecule has 1 atom stereocenters. The van der Waals surface area contributed by atoms with Gasteiger partial charge in [-0.2, -0.15) is 0 Å². The molecule has 5 nitrogen and oxygen atoms in total. The molecule has 0 radical (unpaired) electrons. The largest absolute Gasteiger partial charge is 0.364 e. The number of aryl methyl sites for hydroxylation is 1. The Morgan fingerprint density at radius 2 is 1.92 bits per heavy atom. The van der Waals surface area contributed by atoms with Crippen LogP contribution in [-0.2, 0) is 0 Å². The SMILES string of the molecule is Cc1ccc(-c2nnc(NC3CCCN(C)C3)c3cnccc23)cc1. The molecule has 0 aliphatic carbocycles. The fourth-order valence-electron chi connectivity index (χ4n) is 3.51. The van der Waals surface area contributed by atoms with Crippen molar-refractivity contribution >= 4 is 16.6 Å². The van der Waals surface area contributed by atoms with E-state index in [1.807, 2.05) is 18.5 Å². The van der Waals surface area contributed by atoms with Crippen LogP contribution in [0.4, 0.5) is 5.82 Å². The molecule has 0 amide bonds. The zero-order valence-electron chi connectivity index (χ0n) is 14.7. The smallest absolute Gasteiger partial charge is 0.158 e. The molecule has 25 heavy (non-hydrogen) atoms. The summed E-state index contributed by atoms with van der Waals surface area (Å²) in [4.78, 5) is 6.67. The maximum Gasteiger partial charge on any atom is 0.158 e. The van der Waals surface area contributed by atoms with Crippen molar-refractivity contribution in [1.29, 1.82) is 0 Å². The first-order valence-electron chi connectivity index (χ1n) is 8.83.